The number of benzene rings is 4. The third-order valence-corrected chi connectivity index (χ3v) is 7.88. The van der Waals surface area contributed by atoms with Crippen molar-refractivity contribution in [3.63, 3.8) is 0 Å². The third-order valence-electron chi connectivity index (χ3n) is 7.88. The minimum Gasteiger partial charge on any atom is -0.418 e. The molecule has 0 fully saturated rings. The van der Waals surface area contributed by atoms with Gasteiger partial charge >= 0.3 is 7.25 Å². The van der Waals surface area contributed by atoms with Crippen LogP contribution in [0.1, 0.15) is 73.2 Å². The van der Waals surface area contributed by atoms with Crippen LogP contribution in [0.15, 0.2) is 97.1 Å². The van der Waals surface area contributed by atoms with Gasteiger partial charge in [0, 0.05) is 11.1 Å². The lowest BCUT2D eigenvalue weighted by Crippen LogP contribution is -2.28. The van der Waals surface area contributed by atoms with Crippen molar-refractivity contribution in [3.05, 3.63) is 130 Å². The van der Waals surface area contributed by atoms with Crippen molar-refractivity contribution in [2.75, 3.05) is 4.90 Å². The van der Waals surface area contributed by atoms with Gasteiger partial charge in [0.1, 0.15) is 11.4 Å². The molecule has 0 bridgehead atoms. The summed E-state index contributed by atoms with van der Waals surface area (Å²) in [5.74, 6) is 0. The lowest BCUT2D eigenvalue weighted by molar-refractivity contribution is -0.482. The lowest BCUT2D eigenvalue weighted by Gasteiger charge is -2.27. The van der Waals surface area contributed by atoms with Crippen molar-refractivity contribution >= 4 is 25.0 Å². The summed E-state index contributed by atoms with van der Waals surface area (Å²) in [6.45, 7) is 9.11. The van der Waals surface area contributed by atoms with Gasteiger partial charge in [0.05, 0.1) is 0 Å². The summed E-state index contributed by atoms with van der Waals surface area (Å²) in [5, 5.41) is 0. The summed E-state index contributed by atoms with van der Waals surface area (Å²) in [6, 6.07) is 36.2. The first kappa shape index (κ1) is 31.1. The van der Waals surface area contributed by atoms with Gasteiger partial charge in [-0.15, -0.1) is 0 Å². The van der Waals surface area contributed by atoms with Crippen molar-refractivity contribution in [1.29, 1.82) is 0 Å². The SMILES string of the molecule is CCc1cccc(CC)c1N1C=[N+](c2c(CC)cccc2CC)C(c2ccccc2)C1c1ccccc1.F[B-](F)(F)F. The Balaban J connectivity index is 0.000000748. The van der Waals surface area contributed by atoms with E-state index in [9.17, 15) is 17.3 Å². The molecule has 4 aromatic rings. The number of aryl methyl sites for hydroxylation is 4. The fourth-order valence-electron chi connectivity index (χ4n) is 6.06. The quantitative estimate of drug-likeness (QED) is 0.115. The van der Waals surface area contributed by atoms with Gasteiger partial charge in [-0.25, -0.2) is 9.48 Å². The normalized spacial score (nSPS) is 16.6. The second kappa shape index (κ2) is 13.9. The summed E-state index contributed by atoms with van der Waals surface area (Å²) in [6.07, 6.45) is 6.47. The highest BCUT2D eigenvalue weighted by molar-refractivity contribution is 6.50. The molecule has 0 N–H and O–H groups in total. The molecule has 0 radical (unpaired) electrons. The maximum absolute atomic E-state index is 9.75. The molecule has 1 aliphatic heterocycles. The number of hydrogen-bond donors (Lipinski definition) is 0. The first-order chi connectivity index (χ1) is 20.2. The van der Waals surface area contributed by atoms with E-state index < -0.39 is 7.25 Å². The van der Waals surface area contributed by atoms with E-state index in [1.54, 1.807) is 0 Å². The zero-order valence-electron chi connectivity index (χ0n) is 24.8. The lowest BCUT2D eigenvalue weighted by atomic mass is 9.90. The van der Waals surface area contributed by atoms with Gasteiger partial charge in [-0.05, 0) is 47.9 Å². The van der Waals surface area contributed by atoms with Gasteiger partial charge < -0.3 is 17.3 Å². The number of rotatable bonds is 8. The molecule has 2 nitrogen and oxygen atoms in total. The Bertz CT molecular complexity index is 1440. The van der Waals surface area contributed by atoms with Gasteiger partial charge in [-0.3, -0.25) is 0 Å². The smallest absolute Gasteiger partial charge is 0.418 e. The Hall–Kier alpha value is -3.87. The minimum atomic E-state index is -6.00. The molecule has 0 aliphatic carbocycles. The molecule has 0 aromatic heterocycles. The van der Waals surface area contributed by atoms with Crippen LogP contribution >= 0.6 is 0 Å². The number of nitrogens with zero attached hydrogens (tertiary/aromatic N) is 2. The Morgan fingerprint density at radius 2 is 0.976 bits per heavy atom. The Labute approximate surface area is 247 Å². The highest BCUT2D eigenvalue weighted by Crippen LogP contribution is 2.48. The molecule has 2 atom stereocenters. The topological polar surface area (TPSA) is 6.25 Å². The summed E-state index contributed by atoms with van der Waals surface area (Å²) in [5.41, 5.74) is 11.1. The van der Waals surface area contributed by atoms with Crippen molar-refractivity contribution < 1.29 is 21.8 Å². The second-order valence-corrected chi connectivity index (χ2v) is 10.4. The van der Waals surface area contributed by atoms with E-state index >= 15 is 0 Å². The van der Waals surface area contributed by atoms with Crippen LogP contribution in [0.25, 0.3) is 0 Å². The molecule has 0 saturated heterocycles. The van der Waals surface area contributed by atoms with Crippen LogP contribution in [0.4, 0.5) is 28.6 Å². The van der Waals surface area contributed by atoms with Crippen molar-refractivity contribution in [3.8, 4) is 0 Å². The average Bonchev–Trinajstić information content (AvgIpc) is 3.39. The zero-order valence-corrected chi connectivity index (χ0v) is 24.8. The summed E-state index contributed by atoms with van der Waals surface area (Å²) < 4.78 is 41.6. The van der Waals surface area contributed by atoms with Gasteiger partial charge in [0.15, 0.2) is 12.1 Å². The van der Waals surface area contributed by atoms with Crippen LogP contribution in [0.3, 0.4) is 0 Å². The van der Waals surface area contributed by atoms with E-state index in [4.69, 9.17) is 0 Å². The molecule has 42 heavy (non-hydrogen) atoms. The molecular formula is C35H39BF4N2. The van der Waals surface area contributed by atoms with Gasteiger partial charge in [-0.1, -0.05) is 125 Å². The van der Waals surface area contributed by atoms with Gasteiger partial charge in [0.25, 0.3) is 0 Å². The highest BCUT2D eigenvalue weighted by atomic mass is 19.5. The molecule has 7 heteroatoms. The highest BCUT2D eigenvalue weighted by Gasteiger charge is 2.47. The summed E-state index contributed by atoms with van der Waals surface area (Å²) >= 11 is 0. The van der Waals surface area contributed by atoms with Crippen LogP contribution in [0.5, 0.6) is 0 Å². The molecule has 4 aromatic carbocycles. The van der Waals surface area contributed by atoms with Crippen LogP contribution in [-0.4, -0.2) is 18.2 Å². The monoisotopic (exact) mass is 574 g/mol. The maximum Gasteiger partial charge on any atom is 0.673 e. The number of para-hydroxylation sites is 2. The van der Waals surface area contributed by atoms with Crippen LogP contribution in [0.2, 0.25) is 0 Å². The first-order valence-corrected chi connectivity index (χ1v) is 14.8. The predicted molar refractivity (Wildman–Crippen MR) is 167 cm³/mol. The van der Waals surface area contributed by atoms with E-state index in [1.807, 2.05) is 0 Å². The molecular weight excluding hydrogens is 535 g/mol. The Morgan fingerprint density at radius 1 is 0.571 bits per heavy atom. The average molecular weight is 575 g/mol. The fourth-order valence-corrected chi connectivity index (χ4v) is 6.06. The molecule has 2 unspecified atom stereocenters. The molecule has 0 saturated carbocycles. The van der Waals surface area contributed by atoms with E-state index in [2.05, 4.69) is 141 Å². The van der Waals surface area contributed by atoms with E-state index in [-0.39, 0.29) is 12.1 Å². The minimum absolute atomic E-state index is 0.149. The summed E-state index contributed by atoms with van der Waals surface area (Å²) in [7, 11) is -6.00. The largest absolute Gasteiger partial charge is 0.673 e. The van der Waals surface area contributed by atoms with Crippen LogP contribution in [-0.2, 0) is 25.7 Å². The first-order valence-electron chi connectivity index (χ1n) is 14.8. The summed E-state index contributed by atoms with van der Waals surface area (Å²) in [4.78, 5) is 2.59. The van der Waals surface area contributed by atoms with Crippen molar-refractivity contribution in [2.24, 2.45) is 0 Å². The van der Waals surface area contributed by atoms with E-state index in [0.29, 0.717) is 0 Å². The van der Waals surface area contributed by atoms with Crippen LogP contribution < -0.4 is 4.90 Å². The molecule has 0 spiro atoms. The number of hydrogen-bond acceptors (Lipinski definition) is 1. The molecule has 1 heterocycles. The predicted octanol–water partition coefficient (Wildman–Crippen LogP) is 9.91. The van der Waals surface area contributed by atoms with Crippen molar-refractivity contribution in [2.45, 2.75) is 65.5 Å². The zero-order chi connectivity index (χ0) is 30.3. The number of anilines is 1. The molecule has 220 valence electrons. The molecule has 0 amide bonds. The molecule has 1 aliphatic rings. The third kappa shape index (κ3) is 6.95. The second-order valence-electron chi connectivity index (χ2n) is 10.4. The van der Waals surface area contributed by atoms with Crippen molar-refractivity contribution in [1.82, 2.24) is 0 Å². The Kier molecular flexibility index (Phi) is 10.3. The standard InChI is InChI=1S/C35H39N2.BF4/c1-5-26-21-15-22-27(6-2)32(26)36-25-37(33-28(7-3)23-16-24-29(33)8-4)35(31-19-13-10-14-20-31)34(36)30-17-11-9-12-18-30;2-1(3,4)5/h9-25,34-35H,5-8H2,1-4H3;/q+1;-1. The van der Waals surface area contributed by atoms with E-state index in [1.165, 1.54) is 44.8 Å². The van der Waals surface area contributed by atoms with Crippen LogP contribution in [0, 0.1) is 0 Å². The van der Waals surface area contributed by atoms with E-state index in [0.717, 1.165) is 25.7 Å². The Morgan fingerprint density at radius 3 is 1.40 bits per heavy atom. The number of halogens is 4. The maximum atomic E-state index is 9.75. The fraction of sp³-hybridized carbons (Fsp3) is 0.286. The molecule has 5 rings (SSSR count). The van der Waals surface area contributed by atoms with Gasteiger partial charge in [0.2, 0.25) is 6.34 Å². The van der Waals surface area contributed by atoms with Gasteiger partial charge in [-0.2, -0.15) is 0 Å².